The first kappa shape index (κ1) is 22.9. The number of aromatic nitrogens is 2. The Morgan fingerprint density at radius 1 is 1.21 bits per heavy atom. The van der Waals surface area contributed by atoms with E-state index in [0.29, 0.717) is 24.2 Å². The quantitative estimate of drug-likeness (QED) is 0.638. The summed E-state index contributed by atoms with van der Waals surface area (Å²) in [6.07, 6.45) is 1.78. The molecule has 1 aromatic carbocycles. The molecule has 0 unspecified atom stereocenters. The van der Waals surface area contributed by atoms with Gasteiger partial charge in [-0.05, 0) is 44.9 Å². The summed E-state index contributed by atoms with van der Waals surface area (Å²) in [4.78, 5) is 27.0. The number of ether oxygens (including phenoxy) is 1. The fourth-order valence-corrected chi connectivity index (χ4v) is 4.75. The zero-order valence-corrected chi connectivity index (χ0v) is 18.8. The molecule has 2 aromatic rings. The molecule has 10 heteroatoms. The Morgan fingerprint density at radius 3 is 2.31 bits per heavy atom. The van der Waals surface area contributed by atoms with Crippen LogP contribution in [0.15, 0.2) is 17.2 Å². The Morgan fingerprint density at radius 2 is 1.79 bits per heavy atom. The number of carbonyl (C=O) groups excluding carboxylic acids is 2. The number of hydrogen-bond acceptors (Lipinski definition) is 6. The van der Waals surface area contributed by atoms with Crippen molar-refractivity contribution in [1.82, 2.24) is 14.7 Å². The number of amides is 1. The van der Waals surface area contributed by atoms with E-state index in [1.54, 1.807) is 20.9 Å². The molecule has 29 heavy (non-hydrogen) atoms. The Hall–Kier alpha value is -2.39. The molecule has 0 radical (unpaired) electrons. The SMILES string of the molecule is CCN(CC)C(=O)Oc1c(C(=O)c2cc(C)c(S(C)(=O)=O)c(C)c2Cl)cnn1C. The van der Waals surface area contributed by atoms with Crippen molar-refractivity contribution in [2.24, 2.45) is 7.05 Å². The first-order valence-corrected chi connectivity index (χ1v) is 11.2. The van der Waals surface area contributed by atoms with E-state index < -0.39 is 21.7 Å². The van der Waals surface area contributed by atoms with E-state index in [2.05, 4.69) is 5.10 Å². The highest BCUT2D eigenvalue weighted by Crippen LogP contribution is 2.33. The van der Waals surface area contributed by atoms with Crippen LogP contribution in [0.3, 0.4) is 0 Å². The third-order valence-corrected chi connectivity index (χ3v) is 6.43. The molecule has 8 nitrogen and oxygen atoms in total. The summed E-state index contributed by atoms with van der Waals surface area (Å²) in [5.41, 5.74) is 0.870. The van der Waals surface area contributed by atoms with Crippen LogP contribution in [0.2, 0.25) is 5.02 Å². The van der Waals surface area contributed by atoms with Crippen molar-refractivity contribution in [3.63, 3.8) is 0 Å². The van der Waals surface area contributed by atoms with Crippen LogP contribution < -0.4 is 4.74 Å². The largest absolute Gasteiger partial charge is 0.416 e. The molecule has 0 aliphatic rings. The van der Waals surface area contributed by atoms with Gasteiger partial charge >= 0.3 is 6.09 Å². The highest BCUT2D eigenvalue weighted by Gasteiger charge is 2.27. The minimum absolute atomic E-state index is 0.00883. The monoisotopic (exact) mass is 441 g/mol. The number of ketones is 1. The van der Waals surface area contributed by atoms with Gasteiger partial charge in [0, 0.05) is 32.0 Å². The molecule has 0 saturated heterocycles. The lowest BCUT2D eigenvalue weighted by atomic mass is 10.0. The van der Waals surface area contributed by atoms with Crippen LogP contribution in [0.4, 0.5) is 4.79 Å². The number of nitrogens with zero attached hydrogens (tertiary/aromatic N) is 3. The average Bonchev–Trinajstić information content (AvgIpc) is 2.98. The molecule has 0 atom stereocenters. The molecule has 158 valence electrons. The van der Waals surface area contributed by atoms with Crippen molar-refractivity contribution in [2.75, 3.05) is 19.3 Å². The van der Waals surface area contributed by atoms with E-state index in [1.165, 1.54) is 21.8 Å². The van der Waals surface area contributed by atoms with Crippen LogP contribution in [0.1, 0.15) is 40.9 Å². The summed E-state index contributed by atoms with van der Waals surface area (Å²) in [6, 6.07) is 1.43. The van der Waals surface area contributed by atoms with Crippen molar-refractivity contribution in [3.8, 4) is 5.88 Å². The van der Waals surface area contributed by atoms with Gasteiger partial charge in [-0.1, -0.05) is 11.6 Å². The summed E-state index contributed by atoms with van der Waals surface area (Å²) >= 11 is 6.35. The summed E-state index contributed by atoms with van der Waals surface area (Å²) in [6.45, 7) is 7.68. The molecular weight excluding hydrogens is 418 g/mol. The van der Waals surface area contributed by atoms with Crippen LogP contribution in [0.5, 0.6) is 5.88 Å². The van der Waals surface area contributed by atoms with Crippen molar-refractivity contribution in [2.45, 2.75) is 32.6 Å². The van der Waals surface area contributed by atoms with Crippen LogP contribution >= 0.6 is 11.6 Å². The molecule has 0 N–H and O–H groups in total. The summed E-state index contributed by atoms with van der Waals surface area (Å²) < 4.78 is 30.8. The van der Waals surface area contributed by atoms with Crippen LogP contribution in [-0.2, 0) is 16.9 Å². The Bertz CT molecular complexity index is 1070. The number of sulfone groups is 1. The Kier molecular flexibility index (Phi) is 6.74. The number of halogens is 1. The number of carbonyl (C=O) groups is 2. The second-order valence-corrected chi connectivity index (χ2v) is 8.97. The molecule has 0 fully saturated rings. The third kappa shape index (κ3) is 4.45. The lowest BCUT2D eigenvalue weighted by Gasteiger charge is -2.18. The fraction of sp³-hybridized carbons (Fsp3) is 0.421. The van der Waals surface area contributed by atoms with Gasteiger partial charge in [-0.3, -0.25) is 4.79 Å². The highest BCUT2D eigenvalue weighted by atomic mass is 35.5. The van der Waals surface area contributed by atoms with Gasteiger partial charge in [0.25, 0.3) is 0 Å². The van der Waals surface area contributed by atoms with Crippen molar-refractivity contribution < 1.29 is 22.7 Å². The predicted molar refractivity (Wildman–Crippen MR) is 110 cm³/mol. The van der Waals surface area contributed by atoms with Gasteiger partial charge in [-0.15, -0.1) is 0 Å². The van der Waals surface area contributed by atoms with Crippen LogP contribution in [-0.4, -0.2) is 54.3 Å². The summed E-state index contributed by atoms with van der Waals surface area (Å²) in [7, 11) is -1.97. The standard InChI is InChI=1S/C19H24ClN3O5S/c1-7-23(8-2)19(25)28-18-14(10-21-22(18)5)16(24)13-9-11(3)17(29(6,26)27)12(4)15(13)20/h9-10H,7-8H2,1-6H3. The van der Waals surface area contributed by atoms with E-state index in [0.717, 1.165) is 6.26 Å². The summed E-state index contributed by atoms with van der Waals surface area (Å²) in [5, 5.41) is 4.05. The van der Waals surface area contributed by atoms with E-state index >= 15 is 0 Å². The average molecular weight is 442 g/mol. The Labute approximate surface area is 175 Å². The molecule has 1 heterocycles. The Balaban J connectivity index is 2.54. The van der Waals surface area contributed by atoms with Gasteiger partial charge in [-0.2, -0.15) is 5.10 Å². The molecule has 1 amide bonds. The van der Waals surface area contributed by atoms with Crippen molar-refractivity contribution in [1.29, 1.82) is 0 Å². The molecule has 1 aromatic heterocycles. The minimum atomic E-state index is -3.52. The lowest BCUT2D eigenvalue weighted by molar-refractivity contribution is 0.103. The maximum absolute atomic E-state index is 13.2. The third-order valence-electron chi connectivity index (χ3n) is 4.58. The zero-order valence-electron chi connectivity index (χ0n) is 17.2. The predicted octanol–water partition coefficient (Wildman–Crippen LogP) is 3.17. The van der Waals surface area contributed by atoms with Gasteiger partial charge in [-0.25, -0.2) is 17.9 Å². The van der Waals surface area contributed by atoms with Gasteiger partial charge in [0.1, 0.15) is 5.56 Å². The van der Waals surface area contributed by atoms with Crippen molar-refractivity contribution in [3.05, 3.63) is 39.5 Å². The van der Waals surface area contributed by atoms with E-state index in [1.807, 2.05) is 13.8 Å². The summed E-state index contributed by atoms with van der Waals surface area (Å²) in [5.74, 6) is -0.526. The van der Waals surface area contributed by atoms with Gasteiger partial charge in [0.2, 0.25) is 11.7 Å². The van der Waals surface area contributed by atoms with E-state index in [-0.39, 0.29) is 26.9 Å². The van der Waals surface area contributed by atoms with Crippen LogP contribution in [0, 0.1) is 13.8 Å². The first-order chi connectivity index (χ1) is 13.4. The van der Waals surface area contributed by atoms with E-state index in [4.69, 9.17) is 16.3 Å². The number of benzene rings is 1. The smallest absolute Gasteiger partial charge is 0.391 e. The molecular formula is C19H24ClN3O5S. The number of rotatable bonds is 6. The molecule has 0 aliphatic heterocycles. The number of aryl methyl sites for hydroxylation is 2. The number of hydrogen-bond donors (Lipinski definition) is 0. The molecule has 0 bridgehead atoms. The van der Waals surface area contributed by atoms with Gasteiger partial charge in [0.05, 0.1) is 16.1 Å². The lowest BCUT2D eigenvalue weighted by Crippen LogP contribution is -2.33. The van der Waals surface area contributed by atoms with Crippen molar-refractivity contribution >= 4 is 33.3 Å². The molecule has 0 aliphatic carbocycles. The minimum Gasteiger partial charge on any atom is -0.391 e. The molecule has 2 rings (SSSR count). The normalized spacial score (nSPS) is 11.4. The second-order valence-electron chi connectivity index (χ2n) is 6.64. The fourth-order valence-electron chi connectivity index (χ4n) is 3.16. The molecule has 0 saturated carbocycles. The van der Waals surface area contributed by atoms with Gasteiger partial charge < -0.3 is 9.64 Å². The maximum Gasteiger partial charge on any atom is 0.416 e. The first-order valence-electron chi connectivity index (χ1n) is 8.97. The van der Waals surface area contributed by atoms with Gasteiger partial charge in [0.15, 0.2) is 9.84 Å². The maximum atomic E-state index is 13.2. The highest BCUT2D eigenvalue weighted by molar-refractivity contribution is 7.90. The van der Waals surface area contributed by atoms with Crippen LogP contribution in [0.25, 0.3) is 0 Å². The topological polar surface area (TPSA) is 98.6 Å². The van der Waals surface area contributed by atoms with E-state index in [9.17, 15) is 18.0 Å². The second kappa shape index (κ2) is 8.54. The zero-order chi connectivity index (χ0) is 22.1. The molecule has 0 spiro atoms.